The molecule has 0 bridgehead atoms. The predicted octanol–water partition coefficient (Wildman–Crippen LogP) is 5.02. The third-order valence-electron chi connectivity index (χ3n) is 3.85. The van der Waals surface area contributed by atoms with Crippen molar-refractivity contribution in [2.45, 2.75) is 6.54 Å². The van der Waals surface area contributed by atoms with Crippen LogP contribution >= 0.6 is 0 Å². The van der Waals surface area contributed by atoms with Gasteiger partial charge in [0.15, 0.2) is 5.82 Å². The number of hydrogen-bond acceptors (Lipinski definition) is 4. The number of benzene rings is 2. The Hall–Kier alpha value is -3.40. The predicted molar refractivity (Wildman–Crippen MR) is 98.9 cm³/mol. The Morgan fingerprint density at radius 2 is 1.48 bits per heavy atom. The topological polar surface area (TPSA) is 51.0 Å². The first-order valence-corrected chi connectivity index (χ1v) is 8.15. The molecule has 4 rings (SSSR count). The van der Waals surface area contributed by atoms with E-state index in [2.05, 4.69) is 10.3 Å². The van der Waals surface area contributed by atoms with Gasteiger partial charge in [-0.05, 0) is 12.1 Å². The van der Waals surface area contributed by atoms with E-state index in [1.54, 1.807) is 6.26 Å². The Morgan fingerprint density at radius 1 is 0.760 bits per heavy atom. The maximum absolute atomic E-state index is 5.38. The van der Waals surface area contributed by atoms with Crippen LogP contribution in [0.3, 0.4) is 0 Å². The fraction of sp³-hybridized carbons (Fsp3) is 0.0476. The summed E-state index contributed by atoms with van der Waals surface area (Å²) in [5.74, 6) is 2.33. The maximum atomic E-state index is 5.38. The highest BCUT2D eigenvalue weighted by Crippen LogP contribution is 2.24. The molecule has 0 spiro atoms. The van der Waals surface area contributed by atoms with E-state index in [0.717, 1.165) is 28.4 Å². The maximum Gasteiger partial charge on any atom is 0.162 e. The van der Waals surface area contributed by atoms with E-state index in [-0.39, 0.29) is 0 Å². The SMILES string of the molecule is c1ccc(-c2cc(NCc3ccco3)nc(-c3ccccc3)n2)cc1. The van der Waals surface area contributed by atoms with E-state index >= 15 is 0 Å². The molecule has 4 aromatic rings. The molecule has 0 fully saturated rings. The molecular weight excluding hydrogens is 310 g/mol. The van der Waals surface area contributed by atoms with Gasteiger partial charge >= 0.3 is 0 Å². The zero-order chi connectivity index (χ0) is 16.9. The molecule has 0 aliphatic carbocycles. The molecule has 2 aromatic carbocycles. The van der Waals surface area contributed by atoms with Gasteiger partial charge in [0.05, 0.1) is 18.5 Å². The molecule has 4 heteroatoms. The number of anilines is 1. The number of furan rings is 1. The first kappa shape index (κ1) is 15.1. The Kier molecular flexibility index (Phi) is 4.25. The van der Waals surface area contributed by atoms with E-state index in [1.807, 2.05) is 78.9 Å². The fourth-order valence-corrected chi connectivity index (χ4v) is 2.60. The zero-order valence-corrected chi connectivity index (χ0v) is 13.6. The van der Waals surface area contributed by atoms with Gasteiger partial charge in [-0.15, -0.1) is 0 Å². The molecule has 0 radical (unpaired) electrons. The molecule has 2 heterocycles. The van der Waals surface area contributed by atoms with Crippen molar-refractivity contribution in [1.29, 1.82) is 0 Å². The van der Waals surface area contributed by atoms with Gasteiger partial charge < -0.3 is 9.73 Å². The van der Waals surface area contributed by atoms with Crippen molar-refractivity contribution in [3.05, 3.63) is 90.9 Å². The van der Waals surface area contributed by atoms with Crippen molar-refractivity contribution in [2.24, 2.45) is 0 Å². The summed E-state index contributed by atoms with van der Waals surface area (Å²) in [6.45, 7) is 0.576. The first-order chi connectivity index (χ1) is 12.4. The van der Waals surface area contributed by atoms with Crippen molar-refractivity contribution in [2.75, 3.05) is 5.32 Å². The molecule has 25 heavy (non-hydrogen) atoms. The summed E-state index contributed by atoms with van der Waals surface area (Å²) in [6.07, 6.45) is 1.67. The summed E-state index contributed by atoms with van der Waals surface area (Å²) in [5.41, 5.74) is 2.93. The minimum absolute atomic E-state index is 0.576. The molecule has 4 nitrogen and oxygen atoms in total. The van der Waals surface area contributed by atoms with Crippen LogP contribution < -0.4 is 5.32 Å². The van der Waals surface area contributed by atoms with Crippen LogP contribution in [0, 0.1) is 0 Å². The van der Waals surface area contributed by atoms with Crippen LogP contribution in [0.2, 0.25) is 0 Å². The van der Waals surface area contributed by atoms with Crippen molar-refractivity contribution in [3.8, 4) is 22.6 Å². The minimum atomic E-state index is 0.576. The van der Waals surface area contributed by atoms with Crippen molar-refractivity contribution in [3.63, 3.8) is 0 Å². The number of aromatic nitrogens is 2. The molecule has 0 atom stereocenters. The number of rotatable bonds is 5. The third kappa shape index (κ3) is 3.58. The Labute approximate surface area is 146 Å². The van der Waals surface area contributed by atoms with Crippen molar-refractivity contribution < 1.29 is 4.42 Å². The van der Waals surface area contributed by atoms with E-state index in [4.69, 9.17) is 9.40 Å². The fourth-order valence-electron chi connectivity index (χ4n) is 2.60. The first-order valence-electron chi connectivity index (χ1n) is 8.15. The van der Waals surface area contributed by atoms with Gasteiger partial charge in [-0.2, -0.15) is 0 Å². The summed E-state index contributed by atoms with van der Waals surface area (Å²) < 4.78 is 5.38. The highest BCUT2D eigenvalue weighted by Gasteiger charge is 2.09. The zero-order valence-electron chi connectivity index (χ0n) is 13.6. The summed E-state index contributed by atoms with van der Waals surface area (Å²) in [4.78, 5) is 9.41. The molecule has 0 saturated heterocycles. The summed E-state index contributed by atoms with van der Waals surface area (Å²) >= 11 is 0. The second-order valence-electron chi connectivity index (χ2n) is 5.63. The quantitative estimate of drug-likeness (QED) is 0.559. The molecule has 0 amide bonds. The van der Waals surface area contributed by atoms with E-state index in [0.29, 0.717) is 12.4 Å². The lowest BCUT2D eigenvalue weighted by Gasteiger charge is -2.10. The molecular formula is C21H17N3O. The van der Waals surface area contributed by atoms with Gasteiger partial charge in [0.2, 0.25) is 0 Å². The molecule has 1 N–H and O–H groups in total. The highest BCUT2D eigenvalue weighted by atomic mass is 16.3. The average molecular weight is 327 g/mol. The van der Waals surface area contributed by atoms with Gasteiger partial charge in [-0.1, -0.05) is 60.7 Å². The van der Waals surface area contributed by atoms with Crippen molar-refractivity contribution >= 4 is 5.82 Å². The van der Waals surface area contributed by atoms with Gasteiger partial charge in [0.25, 0.3) is 0 Å². The molecule has 2 aromatic heterocycles. The lowest BCUT2D eigenvalue weighted by molar-refractivity contribution is 0.518. The molecule has 122 valence electrons. The summed E-state index contributed by atoms with van der Waals surface area (Å²) in [7, 11) is 0. The van der Waals surface area contributed by atoms with Gasteiger partial charge in [-0.3, -0.25) is 0 Å². The molecule has 0 unspecified atom stereocenters. The minimum Gasteiger partial charge on any atom is -0.467 e. The van der Waals surface area contributed by atoms with Crippen molar-refractivity contribution in [1.82, 2.24) is 9.97 Å². The Morgan fingerprint density at radius 3 is 2.16 bits per heavy atom. The van der Waals surface area contributed by atoms with Gasteiger partial charge in [0, 0.05) is 17.2 Å². The van der Waals surface area contributed by atoms with Crippen LogP contribution in [0.1, 0.15) is 5.76 Å². The molecule has 0 aliphatic rings. The average Bonchev–Trinajstić information content (AvgIpc) is 3.21. The number of nitrogens with one attached hydrogen (secondary N) is 1. The van der Waals surface area contributed by atoms with Crippen LogP contribution in [0.5, 0.6) is 0 Å². The lowest BCUT2D eigenvalue weighted by Crippen LogP contribution is -2.03. The van der Waals surface area contributed by atoms with E-state index in [1.165, 1.54) is 0 Å². The van der Waals surface area contributed by atoms with Crippen LogP contribution in [0.15, 0.2) is 89.5 Å². The molecule has 0 aliphatic heterocycles. The second-order valence-corrected chi connectivity index (χ2v) is 5.63. The largest absolute Gasteiger partial charge is 0.467 e. The number of hydrogen-bond donors (Lipinski definition) is 1. The van der Waals surface area contributed by atoms with Crippen LogP contribution in [-0.4, -0.2) is 9.97 Å². The van der Waals surface area contributed by atoms with E-state index < -0.39 is 0 Å². The normalized spacial score (nSPS) is 10.6. The van der Waals surface area contributed by atoms with Crippen LogP contribution in [-0.2, 0) is 6.54 Å². The van der Waals surface area contributed by atoms with Gasteiger partial charge in [-0.25, -0.2) is 9.97 Å². The highest BCUT2D eigenvalue weighted by molar-refractivity contribution is 5.67. The van der Waals surface area contributed by atoms with Crippen LogP contribution in [0.25, 0.3) is 22.6 Å². The van der Waals surface area contributed by atoms with Crippen LogP contribution in [0.4, 0.5) is 5.82 Å². The lowest BCUT2D eigenvalue weighted by atomic mass is 10.1. The number of nitrogens with zero attached hydrogens (tertiary/aromatic N) is 2. The Bertz CT molecular complexity index is 878. The Balaban J connectivity index is 1.72. The third-order valence-corrected chi connectivity index (χ3v) is 3.85. The second kappa shape index (κ2) is 7.01. The summed E-state index contributed by atoms with van der Waals surface area (Å²) in [5, 5.41) is 3.32. The smallest absolute Gasteiger partial charge is 0.162 e. The standard InChI is InChI=1S/C21H17N3O/c1-3-8-16(9-4-1)19-14-20(22-15-18-12-7-13-25-18)24-21(23-19)17-10-5-2-6-11-17/h1-14H,15H2,(H,22,23,24). The summed E-state index contributed by atoms with van der Waals surface area (Å²) in [6, 6.07) is 25.9. The monoisotopic (exact) mass is 327 g/mol. The van der Waals surface area contributed by atoms with Gasteiger partial charge in [0.1, 0.15) is 11.6 Å². The van der Waals surface area contributed by atoms with E-state index in [9.17, 15) is 0 Å². The molecule has 0 saturated carbocycles.